The molecule has 1 unspecified atom stereocenters. The number of nitrogens with zero attached hydrogens (tertiary/aromatic N) is 3. The number of hydrogen-bond donors (Lipinski definition) is 0. The lowest BCUT2D eigenvalue weighted by atomic mass is 10.1. The highest BCUT2D eigenvalue weighted by Crippen LogP contribution is 2.28. The Balaban J connectivity index is 1.88. The minimum atomic E-state index is -0.282. The second kappa shape index (κ2) is 7.53. The third-order valence-electron chi connectivity index (χ3n) is 4.38. The van der Waals surface area contributed by atoms with Crippen LogP contribution in [0.1, 0.15) is 24.1 Å². The normalized spacial score (nSPS) is 12.0. The summed E-state index contributed by atoms with van der Waals surface area (Å²) >= 11 is 6.38. The van der Waals surface area contributed by atoms with E-state index < -0.39 is 0 Å². The molecule has 4 nitrogen and oxygen atoms in total. The summed E-state index contributed by atoms with van der Waals surface area (Å²) in [5, 5.41) is 4.50. The highest BCUT2D eigenvalue weighted by Gasteiger charge is 2.18. The number of halogens is 1. The molecule has 0 aliphatic carbocycles. The first-order chi connectivity index (χ1) is 12.1. The lowest BCUT2D eigenvalue weighted by Crippen LogP contribution is -2.29. The van der Waals surface area contributed by atoms with Gasteiger partial charge in [-0.15, -0.1) is 0 Å². The smallest absolute Gasteiger partial charge is 0.287 e. The van der Waals surface area contributed by atoms with Crippen molar-refractivity contribution in [3.63, 3.8) is 0 Å². The first-order valence-electron chi connectivity index (χ1n) is 8.15. The van der Waals surface area contributed by atoms with E-state index in [1.807, 2.05) is 60.5 Å². The van der Waals surface area contributed by atoms with Gasteiger partial charge in [0.05, 0.1) is 24.5 Å². The van der Waals surface area contributed by atoms with Crippen molar-refractivity contribution in [3.05, 3.63) is 93.4 Å². The maximum absolute atomic E-state index is 12.6. The molecule has 0 aliphatic rings. The Labute approximate surface area is 152 Å². The molecule has 0 saturated carbocycles. The van der Waals surface area contributed by atoms with Crippen molar-refractivity contribution in [2.24, 2.45) is 0 Å². The average Bonchev–Trinajstić information content (AvgIpc) is 2.66. The van der Waals surface area contributed by atoms with Crippen molar-refractivity contribution in [1.29, 1.82) is 0 Å². The predicted octanol–water partition coefficient (Wildman–Crippen LogP) is 4.14. The fourth-order valence-corrected chi connectivity index (χ4v) is 3.01. The van der Waals surface area contributed by atoms with Crippen LogP contribution in [-0.2, 0) is 6.54 Å². The molecule has 25 heavy (non-hydrogen) atoms. The van der Waals surface area contributed by atoms with Crippen molar-refractivity contribution < 1.29 is 0 Å². The Kier molecular flexibility index (Phi) is 5.19. The van der Waals surface area contributed by atoms with Crippen molar-refractivity contribution >= 4 is 17.3 Å². The maximum atomic E-state index is 12.6. The Morgan fingerprint density at radius 3 is 2.32 bits per heavy atom. The highest BCUT2D eigenvalue weighted by molar-refractivity contribution is 6.33. The lowest BCUT2D eigenvalue weighted by molar-refractivity contribution is 0.633. The molecule has 0 spiro atoms. The second-order valence-electron chi connectivity index (χ2n) is 5.99. The molecule has 3 aromatic rings. The summed E-state index contributed by atoms with van der Waals surface area (Å²) in [7, 11) is 1.92. The number of hydrogen-bond acceptors (Lipinski definition) is 3. The summed E-state index contributed by atoms with van der Waals surface area (Å²) < 4.78 is 1.39. The van der Waals surface area contributed by atoms with Crippen LogP contribution in [0.5, 0.6) is 0 Å². The molecule has 1 heterocycles. The minimum absolute atomic E-state index is 0.0740. The molecule has 0 aliphatic heterocycles. The predicted molar refractivity (Wildman–Crippen MR) is 102 cm³/mol. The molecule has 0 amide bonds. The first-order valence-corrected chi connectivity index (χ1v) is 8.53. The molecule has 0 radical (unpaired) electrons. The SMILES string of the molecule is CC(c1ccccc1)N(C)c1cnn(Cc2ccccc2)c(=O)c1Cl. The van der Waals surface area contributed by atoms with Gasteiger partial charge >= 0.3 is 0 Å². The summed E-state index contributed by atoms with van der Waals surface area (Å²) in [6.45, 7) is 2.47. The van der Waals surface area contributed by atoms with Gasteiger partial charge in [-0.2, -0.15) is 5.10 Å². The van der Waals surface area contributed by atoms with Gasteiger partial charge < -0.3 is 4.90 Å². The van der Waals surface area contributed by atoms with E-state index in [2.05, 4.69) is 24.2 Å². The summed E-state index contributed by atoms with van der Waals surface area (Å²) in [6, 6.07) is 19.9. The monoisotopic (exact) mass is 353 g/mol. The molecule has 3 rings (SSSR count). The Morgan fingerprint density at radius 2 is 1.68 bits per heavy atom. The van der Waals surface area contributed by atoms with E-state index in [0.29, 0.717) is 12.2 Å². The van der Waals surface area contributed by atoms with Crippen LogP contribution in [0.25, 0.3) is 0 Å². The van der Waals surface area contributed by atoms with E-state index in [4.69, 9.17) is 11.6 Å². The van der Waals surface area contributed by atoms with Crippen LogP contribution in [-0.4, -0.2) is 16.8 Å². The Hall–Kier alpha value is -2.59. The van der Waals surface area contributed by atoms with Crippen molar-refractivity contribution in [3.8, 4) is 0 Å². The van der Waals surface area contributed by atoms with E-state index in [1.165, 1.54) is 4.68 Å². The van der Waals surface area contributed by atoms with Crippen LogP contribution in [0.15, 0.2) is 71.7 Å². The molecule has 1 aromatic heterocycles. The van der Waals surface area contributed by atoms with Gasteiger partial charge in [0.1, 0.15) is 5.02 Å². The molecule has 0 N–H and O–H groups in total. The van der Waals surface area contributed by atoms with E-state index in [9.17, 15) is 4.79 Å². The van der Waals surface area contributed by atoms with Crippen LogP contribution in [0, 0.1) is 0 Å². The van der Waals surface area contributed by atoms with Gasteiger partial charge in [0.2, 0.25) is 0 Å². The summed E-state index contributed by atoms with van der Waals surface area (Å²) in [5.41, 5.74) is 2.50. The molecule has 5 heteroatoms. The topological polar surface area (TPSA) is 38.1 Å². The molecule has 0 saturated heterocycles. The number of rotatable bonds is 5. The van der Waals surface area contributed by atoms with E-state index in [1.54, 1.807) is 6.20 Å². The third-order valence-corrected chi connectivity index (χ3v) is 4.74. The molecular formula is C20H20ClN3O. The quantitative estimate of drug-likeness (QED) is 0.691. The molecule has 0 fully saturated rings. The minimum Gasteiger partial charge on any atom is -0.365 e. The first kappa shape index (κ1) is 17.2. The molecule has 128 valence electrons. The molecule has 0 bridgehead atoms. The zero-order chi connectivity index (χ0) is 17.8. The van der Waals surface area contributed by atoms with Crippen molar-refractivity contribution in [2.45, 2.75) is 19.5 Å². The largest absolute Gasteiger partial charge is 0.365 e. The number of aromatic nitrogens is 2. The van der Waals surface area contributed by atoms with Crippen LogP contribution >= 0.6 is 11.6 Å². The standard InChI is InChI=1S/C20H20ClN3O/c1-15(17-11-7-4-8-12-17)23(2)18-13-22-24(20(25)19(18)21)14-16-9-5-3-6-10-16/h3-13,15H,14H2,1-2H3. The fourth-order valence-electron chi connectivity index (χ4n) is 2.74. The second-order valence-corrected chi connectivity index (χ2v) is 6.37. The maximum Gasteiger partial charge on any atom is 0.287 e. The van der Waals surface area contributed by atoms with Gasteiger partial charge in [-0.1, -0.05) is 72.3 Å². The van der Waals surface area contributed by atoms with Gasteiger partial charge in [0, 0.05) is 7.05 Å². The van der Waals surface area contributed by atoms with Crippen molar-refractivity contribution in [2.75, 3.05) is 11.9 Å². The molecular weight excluding hydrogens is 334 g/mol. The van der Waals surface area contributed by atoms with Gasteiger partial charge in [-0.25, -0.2) is 4.68 Å². The highest BCUT2D eigenvalue weighted by atomic mass is 35.5. The molecule has 1 atom stereocenters. The zero-order valence-electron chi connectivity index (χ0n) is 14.3. The zero-order valence-corrected chi connectivity index (χ0v) is 15.0. The summed E-state index contributed by atoms with van der Waals surface area (Å²) in [5.74, 6) is 0. The van der Waals surface area contributed by atoms with Gasteiger partial charge in [0.15, 0.2) is 0 Å². The van der Waals surface area contributed by atoms with Crippen LogP contribution in [0.3, 0.4) is 0 Å². The summed E-state index contributed by atoms with van der Waals surface area (Å²) in [4.78, 5) is 14.6. The number of benzene rings is 2. The summed E-state index contributed by atoms with van der Waals surface area (Å²) in [6.07, 6.45) is 1.66. The van der Waals surface area contributed by atoms with Gasteiger partial charge in [0.25, 0.3) is 5.56 Å². The van der Waals surface area contributed by atoms with Gasteiger partial charge in [-0.05, 0) is 18.1 Å². The molecule has 2 aromatic carbocycles. The third kappa shape index (κ3) is 3.74. The Morgan fingerprint density at radius 1 is 1.08 bits per heavy atom. The number of anilines is 1. The van der Waals surface area contributed by atoms with Crippen LogP contribution in [0.2, 0.25) is 5.02 Å². The van der Waals surface area contributed by atoms with E-state index >= 15 is 0 Å². The van der Waals surface area contributed by atoms with Crippen LogP contribution in [0.4, 0.5) is 5.69 Å². The van der Waals surface area contributed by atoms with Gasteiger partial charge in [-0.3, -0.25) is 4.79 Å². The average molecular weight is 354 g/mol. The Bertz CT molecular complexity index is 894. The van der Waals surface area contributed by atoms with E-state index in [-0.39, 0.29) is 16.6 Å². The lowest BCUT2D eigenvalue weighted by Gasteiger charge is -2.27. The van der Waals surface area contributed by atoms with Crippen LogP contribution < -0.4 is 10.5 Å². The van der Waals surface area contributed by atoms with E-state index in [0.717, 1.165) is 11.1 Å². The fraction of sp³-hybridized carbons (Fsp3) is 0.200. The van der Waals surface area contributed by atoms with Crippen molar-refractivity contribution in [1.82, 2.24) is 9.78 Å².